The van der Waals surface area contributed by atoms with E-state index >= 15 is 0 Å². The second-order valence-electron chi connectivity index (χ2n) is 5.87. The van der Waals surface area contributed by atoms with Crippen LogP contribution in [0.15, 0.2) is 22.7 Å². The molecule has 2 aromatic rings. The Morgan fingerprint density at radius 1 is 1.24 bits per heavy atom. The van der Waals surface area contributed by atoms with Crippen molar-refractivity contribution in [3.05, 3.63) is 28.5 Å². The number of halogens is 2. The molecule has 0 aliphatic heterocycles. The molecule has 116 valence electrons. The smallest absolute Gasteiger partial charge is 0.124 e. The van der Waals surface area contributed by atoms with Crippen molar-refractivity contribution in [2.45, 2.75) is 52.2 Å². The Balaban J connectivity index is 2.28. The zero-order valence-electron chi connectivity index (χ0n) is 13.1. The van der Waals surface area contributed by atoms with E-state index in [1.165, 1.54) is 0 Å². The Labute approximate surface area is 140 Å². The Morgan fingerprint density at radius 3 is 2.48 bits per heavy atom. The zero-order chi connectivity index (χ0) is 15.6. The fourth-order valence-corrected chi connectivity index (χ4v) is 3.39. The molecule has 0 saturated carbocycles. The molecule has 5 heteroatoms. The van der Waals surface area contributed by atoms with Crippen LogP contribution in [0.1, 0.15) is 33.5 Å². The van der Waals surface area contributed by atoms with Gasteiger partial charge in [-0.3, -0.25) is 4.90 Å². The summed E-state index contributed by atoms with van der Waals surface area (Å²) in [6, 6.07) is 7.28. The van der Waals surface area contributed by atoms with Crippen molar-refractivity contribution >= 4 is 38.6 Å². The van der Waals surface area contributed by atoms with E-state index in [2.05, 4.69) is 70.2 Å². The number of nitrogens with zero attached hydrogens (tertiary/aromatic N) is 3. The SMILES string of the molecule is CC(C)N(CCn1c(CCl)nc2cc(Br)ccc21)C(C)C. The Kier molecular flexibility index (Phi) is 5.69. The fraction of sp³-hybridized carbons (Fsp3) is 0.562. The first-order valence-corrected chi connectivity index (χ1v) is 8.73. The van der Waals surface area contributed by atoms with Crippen LogP contribution in [-0.4, -0.2) is 33.1 Å². The molecule has 21 heavy (non-hydrogen) atoms. The van der Waals surface area contributed by atoms with Crippen LogP contribution in [0.4, 0.5) is 0 Å². The van der Waals surface area contributed by atoms with Crippen molar-refractivity contribution in [2.75, 3.05) is 6.54 Å². The minimum absolute atomic E-state index is 0.440. The minimum atomic E-state index is 0.440. The van der Waals surface area contributed by atoms with Crippen LogP contribution in [0.25, 0.3) is 11.0 Å². The van der Waals surface area contributed by atoms with Crippen LogP contribution < -0.4 is 0 Å². The topological polar surface area (TPSA) is 21.1 Å². The van der Waals surface area contributed by atoms with E-state index in [1.54, 1.807) is 0 Å². The van der Waals surface area contributed by atoms with Gasteiger partial charge in [-0.25, -0.2) is 4.98 Å². The van der Waals surface area contributed by atoms with Gasteiger partial charge in [0.05, 0.1) is 16.9 Å². The Bertz CT molecular complexity index is 599. The summed E-state index contributed by atoms with van der Waals surface area (Å²) in [5, 5.41) is 0. The van der Waals surface area contributed by atoms with Gasteiger partial charge in [-0.05, 0) is 45.9 Å². The number of benzene rings is 1. The molecule has 0 N–H and O–H groups in total. The number of aromatic nitrogens is 2. The maximum absolute atomic E-state index is 6.08. The van der Waals surface area contributed by atoms with E-state index in [1.807, 2.05) is 6.07 Å². The van der Waals surface area contributed by atoms with Crippen molar-refractivity contribution in [1.29, 1.82) is 0 Å². The molecule has 1 aromatic heterocycles. The lowest BCUT2D eigenvalue weighted by molar-refractivity contribution is 0.168. The van der Waals surface area contributed by atoms with Gasteiger partial charge in [0.1, 0.15) is 5.82 Å². The van der Waals surface area contributed by atoms with Crippen molar-refractivity contribution in [3.63, 3.8) is 0 Å². The van der Waals surface area contributed by atoms with Crippen molar-refractivity contribution in [2.24, 2.45) is 0 Å². The summed E-state index contributed by atoms with van der Waals surface area (Å²) in [6.45, 7) is 10.9. The molecule has 0 unspecified atom stereocenters. The molecule has 0 aliphatic rings. The van der Waals surface area contributed by atoms with Gasteiger partial charge in [0.2, 0.25) is 0 Å². The first kappa shape index (κ1) is 16.8. The Hall–Kier alpha value is -0.580. The predicted molar refractivity (Wildman–Crippen MR) is 94.0 cm³/mol. The number of hydrogen-bond donors (Lipinski definition) is 0. The van der Waals surface area contributed by atoms with Gasteiger partial charge >= 0.3 is 0 Å². The van der Waals surface area contributed by atoms with Crippen LogP contribution in [0.5, 0.6) is 0 Å². The highest BCUT2D eigenvalue weighted by Gasteiger charge is 2.15. The molecule has 0 bridgehead atoms. The van der Waals surface area contributed by atoms with E-state index in [0.29, 0.717) is 18.0 Å². The van der Waals surface area contributed by atoms with Gasteiger partial charge in [0.25, 0.3) is 0 Å². The molecule has 0 fully saturated rings. The van der Waals surface area contributed by atoms with Crippen LogP contribution in [-0.2, 0) is 12.4 Å². The van der Waals surface area contributed by atoms with Gasteiger partial charge in [0, 0.05) is 29.6 Å². The summed E-state index contributed by atoms with van der Waals surface area (Å²) < 4.78 is 3.29. The summed E-state index contributed by atoms with van der Waals surface area (Å²) >= 11 is 9.57. The molecular formula is C16H23BrClN3. The summed E-state index contributed by atoms with van der Waals surface area (Å²) in [5.74, 6) is 1.38. The highest BCUT2D eigenvalue weighted by atomic mass is 79.9. The Morgan fingerprint density at radius 2 is 1.90 bits per heavy atom. The monoisotopic (exact) mass is 371 g/mol. The van der Waals surface area contributed by atoms with E-state index in [4.69, 9.17) is 11.6 Å². The largest absolute Gasteiger partial charge is 0.326 e. The molecule has 2 rings (SSSR count). The van der Waals surface area contributed by atoms with Gasteiger partial charge in [0.15, 0.2) is 0 Å². The molecule has 0 atom stereocenters. The summed E-state index contributed by atoms with van der Waals surface area (Å²) in [6.07, 6.45) is 0. The molecular weight excluding hydrogens is 350 g/mol. The summed E-state index contributed by atoms with van der Waals surface area (Å²) in [5.41, 5.74) is 2.15. The van der Waals surface area contributed by atoms with E-state index in [9.17, 15) is 0 Å². The molecule has 1 heterocycles. The number of imidazole rings is 1. The summed E-state index contributed by atoms with van der Waals surface area (Å²) in [4.78, 5) is 7.13. The maximum Gasteiger partial charge on any atom is 0.124 e. The van der Waals surface area contributed by atoms with Crippen LogP contribution in [0, 0.1) is 0 Å². The average molecular weight is 373 g/mol. The molecule has 0 aliphatic carbocycles. The standard InChI is InChI=1S/C16H23BrClN3/c1-11(2)20(12(3)4)7-8-21-15-6-5-13(17)9-14(15)19-16(21)10-18/h5-6,9,11-12H,7-8,10H2,1-4H3. The van der Waals surface area contributed by atoms with Crippen LogP contribution >= 0.6 is 27.5 Å². The number of hydrogen-bond acceptors (Lipinski definition) is 2. The van der Waals surface area contributed by atoms with Crippen molar-refractivity contribution < 1.29 is 0 Å². The second kappa shape index (κ2) is 7.12. The first-order chi connectivity index (χ1) is 9.93. The lowest BCUT2D eigenvalue weighted by atomic mass is 10.2. The normalized spacial score (nSPS) is 12.2. The van der Waals surface area contributed by atoms with Gasteiger partial charge < -0.3 is 4.57 Å². The molecule has 1 aromatic carbocycles. The van der Waals surface area contributed by atoms with Gasteiger partial charge in [-0.2, -0.15) is 0 Å². The van der Waals surface area contributed by atoms with Gasteiger partial charge in [-0.15, -0.1) is 11.6 Å². The molecule has 0 saturated heterocycles. The highest BCUT2D eigenvalue weighted by Crippen LogP contribution is 2.22. The maximum atomic E-state index is 6.08. The third-order valence-electron chi connectivity index (χ3n) is 3.82. The highest BCUT2D eigenvalue weighted by molar-refractivity contribution is 9.10. The summed E-state index contributed by atoms with van der Waals surface area (Å²) in [7, 11) is 0. The molecule has 0 spiro atoms. The predicted octanol–water partition coefficient (Wildman–Crippen LogP) is 4.66. The quantitative estimate of drug-likeness (QED) is 0.688. The van der Waals surface area contributed by atoms with Crippen molar-refractivity contribution in [3.8, 4) is 0 Å². The lowest BCUT2D eigenvalue weighted by Crippen LogP contribution is -2.39. The number of rotatable bonds is 6. The fourth-order valence-electron chi connectivity index (χ4n) is 2.83. The molecule has 0 amide bonds. The third kappa shape index (κ3) is 3.79. The first-order valence-electron chi connectivity index (χ1n) is 7.40. The minimum Gasteiger partial charge on any atom is -0.326 e. The average Bonchev–Trinajstić information content (AvgIpc) is 2.75. The number of alkyl halides is 1. The van der Waals surface area contributed by atoms with E-state index in [-0.39, 0.29) is 0 Å². The van der Waals surface area contributed by atoms with Crippen molar-refractivity contribution in [1.82, 2.24) is 14.5 Å². The van der Waals surface area contributed by atoms with Crippen LogP contribution in [0.3, 0.4) is 0 Å². The second-order valence-corrected chi connectivity index (χ2v) is 7.05. The number of fused-ring (bicyclic) bond motifs is 1. The van der Waals surface area contributed by atoms with E-state index < -0.39 is 0 Å². The lowest BCUT2D eigenvalue weighted by Gasteiger charge is -2.30. The van der Waals surface area contributed by atoms with E-state index in [0.717, 1.165) is 34.4 Å². The molecule has 0 radical (unpaired) electrons. The van der Waals surface area contributed by atoms with Gasteiger partial charge in [-0.1, -0.05) is 15.9 Å². The molecule has 3 nitrogen and oxygen atoms in total. The van der Waals surface area contributed by atoms with Crippen LogP contribution in [0.2, 0.25) is 0 Å². The zero-order valence-corrected chi connectivity index (χ0v) is 15.4. The third-order valence-corrected chi connectivity index (χ3v) is 4.55.